The van der Waals surface area contributed by atoms with Crippen molar-refractivity contribution in [2.24, 2.45) is 0 Å². The monoisotopic (exact) mass is 364 g/mol. The average molecular weight is 365 g/mol. The van der Waals surface area contributed by atoms with E-state index in [1.807, 2.05) is 5.32 Å². The van der Waals surface area contributed by atoms with E-state index in [2.05, 4.69) is 10.1 Å². The summed E-state index contributed by atoms with van der Waals surface area (Å²) in [5.74, 6) is -1.09. The van der Waals surface area contributed by atoms with Gasteiger partial charge in [-0.1, -0.05) is 29.8 Å². The molecule has 3 amide bonds. The largest absolute Gasteiger partial charge is 0.453 e. The minimum atomic E-state index is -0.873. The summed E-state index contributed by atoms with van der Waals surface area (Å²) in [6.45, 7) is 0. The molecular formula is C16H13ClN2O4S. The summed E-state index contributed by atoms with van der Waals surface area (Å²) < 4.78 is 4.36. The summed E-state index contributed by atoms with van der Waals surface area (Å²) in [6, 6.07) is 8.58. The van der Waals surface area contributed by atoms with Gasteiger partial charge in [0, 0.05) is 11.1 Å². The van der Waals surface area contributed by atoms with Crippen molar-refractivity contribution in [2.45, 2.75) is 0 Å². The number of carbonyl (C=O) groups excluding carboxylic acids is 3. The molecular weight excluding hydrogens is 352 g/mol. The number of hydrogen-bond acceptors (Lipinski definition) is 5. The van der Waals surface area contributed by atoms with E-state index in [-0.39, 0.29) is 5.56 Å². The molecule has 0 atom stereocenters. The topological polar surface area (TPSA) is 84.5 Å². The van der Waals surface area contributed by atoms with Crippen molar-refractivity contribution < 1.29 is 19.1 Å². The molecule has 1 aromatic carbocycles. The Morgan fingerprint density at radius 2 is 1.96 bits per heavy atom. The van der Waals surface area contributed by atoms with Crippen LogP contribution in [0.4, 0.5) is 9.80 Å². The second-order valence-electron chi connectivity index (χ2n) is 4.45. The van der Waals surface area contributed by atoms with Crippen LogP contribution in [0, 0.1) is 0 Å². The number of ether oxygens (including phenoxy) is 1. The maximum absolute atomic E-state index is 12.0. The Morgan fingerprint density at radius 3 is 2.67 bits per heavy atom. The Balaban J connectivity index is 2.05. The van der Waals surface area contributed by atoms with Crippen LogP contribution >= 0.6 is 22.9 Å². The lowest BCUT2D eigenvalue weighted by atomic mass is 10.2. The molecule has 0 aliphatic heterocycles. The van der Waals surface area contributed by atoms with Gasteiger partial charge in [-0.3, -0.25) is 14.9 Å². The van der Waals surface area contributed by atoms with Gasteiger partial charge in [-0.2, -0.15) is 0 Å². The van der Waals surface area contributed by atoms with Crippen LogP contribution < -0.4 is 10.6 Å². The van der Waals surface area contributed by atoms with Crippen molar-refractivity contribution in [1.82, 2.24) is 5.32 Å². The first kappa shape index (κ1) is 17.7. The van der Waals surface area contributed by atoms with Crippen LogP contribution in [0.1, 0.15) is 15.9 Å². The number of carbonyl (C=O) groups is 3. The predicted molar refractivity (Wildman–Crippen MR) is 93.3 cm³/mol. The second kappa shape index (κ2) is 8.28. The van der Waals surface area contributed by atoms with Crippen LogP contribution in [0.15, 0.2) is 41.8 Å². The number of rotatable bonds is 4. The molecule has 6 nitrogen and oxygen atoms in total. The van der Waals surface area contributed by atoms with Gasteiger partial charge in [0.15, 0.2) is 0 Å². The molecule has 2 N–H and O–H groups in total. The zero-order valence-corrected chi connectivity index (χ0v) is 14.1. The van der Waals surface area contributed by atoms with Crippen LogP contribution in [0.2, 0.25) is 5.02 Å². The second-order valence-corrected chi connectivity index (χ2v) is 5.78. The number of amides is 3. The van der Waals surface area contributed by atoms with Gasteiger partial charge in [0.25, 0.3) is 5.91 Å². The number of benzene rings is 1. The Bertz CT molecular complexity index is 801. The Hall–Kier alpha value is -2.64. The number of nitrogens with one attached hydrogen (secondary N) is 2. The zero-order chi connectivity index (χ0) is 17.5. The van der Waals surface area contributed by atoms with Crippen molar-refractivity contribution in [2.75, 3.05) is 12.4 Å². The highest BCUT2D eigenvalue weighted by Gasteiger charge is 2.16. The molecule has 1 heterocycles. The molecule has 0 aliphatic carbocycles. The summed E-state index contributed by atoms with van der Waals surface area (Å²) in [5.41, 5.74) is 0.869. The number of halogens is 1. The van der Waals surface area contributed by atoms with Crippen molar-refractivity contribution in [1.29, 1.82) is 0 Å². The highest BCUT2D eigenvalue weighted by atomic mass is 35.5. The number of alkyl carbamates (subject to hydrolysis) is 1. The lowest BCUT2D eigenvalue weighted by Crippen LogP contribution is -2.30. The number of imide groups is 1. The van der Waals surface area contributed by atoms with E-state index in [0.29, 0.717) is 15.6 Å². The van der Waals surface area contributed by atoms with E-state index in [0.717, 1.165) is 18.4 Å². The lowest BCUT2D eigenvalue weighted by Gasteiger charge is -2.04. The molecule has 124 valence electrons. The molecule has 2 aromatic rings. The SMILES string of the molecule is COC(=O)NC(=O)c1ccsc1NC(=O)/C=C/c1ccccc1Cl. The van der Waals surface area contributed by atoms with E-state index in [4.69, 9.17) is 11.6 Å². The Morgan fingerprint density at radius 1 is 1.21 bits per heavy atom. The molecule has 2 rings (SSSR count). The van der Waals surface area contributed by atoms with Gasteiger partial charge in [-0.25, -0.2) is 4.79 Å². The first-order valence-corrected chi connectivity index (χ1v) is 7.97. The fraction of sp³-hybridized carbons (Fsp3) is 0.0625. The Kier molecular flexibility index (Phi) is 6.11. The molecule has 8 heteroatoms. The molecule has 0 aliphatic rings. The summed E-state index contributed by atoms with van der Waals surface area (Å²) in [7, 11) is 1.15. The van der Waals surface area contributed by atoms with Crippen LogP contribution in [0.25, 0.3) is 6.08 Å². The molecule has 0 unspecified atom stereocenters. The third-order valence-corrected chi connectivity index (χ3v) is 4.04. The number of hydrogen-bond donors (Lipinski definition) is 2. The minimum absolute atomic E-state index is 0.171. The average Bonchev–Trinajstić information content (AvgIpc) is 3.02. The first-order chi connectivity index (χ1) is 11.5. The number of anilines is 1. The van der Waals surface area contributed by atoms with Crippen molar-refractivity contribution in [3.05, 3.63) is 57.9 Å². The van der Waals surface area contributed by atoms with Crippen LogP contribution in [-0.2, 0) is 9.53 Å². The van der Waals surface area contributed by atoms with E-state index in [1.54, 1.807) is 35.7 Å². The first-order valence-electron chi connectivity index (χ1n) is 6.71. The van der Waals surface area contributed by atoms with Gasteiger partial charge >= 0.3 is 6.09 Å². The highest BCUT2D eigenvalue weighted by molar-refractivity contribution is 7.14. The smallest absolute Gasteiger partial charge is 0.413 e. The summed E-state index contributed by atoms with van der Waals surface area (Å²) in [6.07, 6.45) is 2.00. The van der Waals surface area contributed by atoms with Gasteiger partial charge in [-0.15, -0.1) is 11.3 Å². The molecule has 0 saturated carbocycles. The van der Waals surface area contributed by atoms with Crippen LogP contribution in [-0.4, -0.2) is 25.0 Å². The molecule has 0 radical (unpaired) electrons. The summed E-state index contributed by atoms with van der Waals surface area (Å²) >= 11 is 7.16. The number of methoxy groups -OCH3 is 1. The third kappa shape index (κ3) is 4.68. The van der Waals surface area contributed by atoms with E-state index >= 15 is 0 Å². The van der Waals surface area contributed by atoms with E-state index in [1.165, 1.54) is 12.1 Å². The van der Waals surface area contributed by atoms with Crippen molar-refractivity contribution >= 4 is 51.9 Å². The number of thiophene rings is 1. The highest BCUT2D eigenvalue weighted by Crippen LogP contribution is 2.23. The molecule has 0 saturated heterocycles. The zero-order valence-electron chi connectivity index (χ0n) is 12.5. The maximum Gasteiger partial charge on any atom is 0.413 e. The van der Waals surface area contributed by atoms with E-state index < -0.39 is 17.9 Å². The Labute approximate surface area is 147 Å². The van der Waals surface area contributed by atoms with E-state index in [9.17, 15) is 14.4 Å². The molecule has 1 aromatic heterocycles. The van der Waals surface area contributed by atoms with Crippen LogP contribution in [0.3, 0.4) is 0 Å². The minimum Gasteiger partial charge on any atom is -0.453 e. The fourth-order valence-corrected chi connectivity index (χ4v) is 2.71. The predicted octanol–water partition coefficient (Wildman–Crippen LogP) is 3.55. The third-order valence-electron chi connectivity index (χ3n) is 2.87. The molecule has 0 spiro atoms. The molecule has 24 heavy (non-hydrogen) atoms. The molecule has 0 bridgehead atoms. The lowest BCUT2D eigenvalue weighted by molar-refractivity contribution is -0.111. The van der Waals surface area contributed by atoms with Gasteiger partial charge in [0.05, 0.1) is 12.7 Å². The quantitative estimate of drug-likeness (QED) is 0.812. The van der Waals surface area contributed by atoms with Crippen molar-refractivity contribution in [3.8, 4) is 0 Å². The standard InChI is InChI=1S/C16H13ClN2O4S/c1-23-16(22)19-14(21)11-8-9-24-15(11)18-13(20)7-6-10-4-2-3-5-12(10)17/h2-9H,1H3,(H,18,20)(H,19,21,22)/b7-6+. The van der Waals surface area contributed by atoms with Gasteiger partial charge in [0.2, 0.25) is 5.91 Å². The van der Waals surface area contributed by atoms with Crippen LogP contribution in [0.5, 0.6) is 0 Å². The van der Waals surface area contributed by atoms with Crippen molar-refractivity contribution in [3.63, 3.8) is 0 Å². The van der Waals surface area contributed by atoms with Gasteiger partial charge in [0.1, 0.15) is 5.00 Å². The normalized spacial score (nSPS) is 10.4. The van der Waals surface area contributed by atoms with Gasteiger partial charge < -0.3 is 10.1 Å². The maximum atomic E-state index is 12.0. The van der Waals surface area contributed by atoms with Gasteiger partial charge in [-0.05, 0) is 29.2 Å². The fourth-order valence-electron chi connectivity index (χ4n) is 1.73. The molecule has 0 fully saturated rings. The summed E-state index contributed by atoms with van der Waals surface area (Å²) in [5, 5.41) is 7.09. The summed E-state index contributed by atoms with van der Waals surface area (Å²) in [4.78, 5) is 35.0.